The molecule has 0 spiro atoms. The van der Waals surface area contributed by atoms with E-state index in [2.05, 4.69) is 4.98 Å². The molecule has 1 aliphatic heterocycles. The van der Waals surface area contributed by atoms with Crippen LogP contribution in [0.15, 0.2) is 23.4 Å². The minimum Gasteiger partial charge on any atom is -0.284 e. The van der Waals surface area contributed by atoms with Crippen LogP contribution in [0, 0.1) is 5.82 Å². The lowest BCUT2D eigenvalue weighted by molar-refractivity contribution is -0.0288. The Bertz CT molecular complexity index is 457. The number of sulfonamides is 1. The van der Waals surface area contributed by atoms with E-state index in [1.807, 2.05) is 0 Å². The Kier molecular flexibility index (Phi) is 2.68. The molecule has 0 unspecified atom stereocenters. The SMILES string of the molecule is O=S(=O)(c1ncccc1F)N1CCCO1. The molecule has 0 radical (unpaired) electrons. The van der Waals surface area contributed by atoms with Crippen LogP contribution in [0.25, 0.3) is 0 Å². The van der Waals surface area contributed by atoms with Gasteiger partial charge < -0.3 is 0 Å². The molecule has 15 heavy (non-hydrogen) atoms. The second-order valence-corrected chi connectivity index (χ2v) is 4.75. The maximum atomic E-state index is 13.2. The van der Waals surface area contributed by atoms with E-state index in [-0.39, 0.29) is 6.54 Å². The summed E-state index contributed by atoms with van der Waals surface area (Å²) < 4.78 is 37.5. The topological polar surface area (TPSA) is 59.5 Å². The fourth-order valence-corrected chi connectivity index (χ4v) is 2.56. The number of hydrogen-bond acceptors (Lipinski definition) is 4. The van der Waals surface area contributed by atoms with Crippen molar-refractivity contribution in [1.29, 1.82) is 0 Å². The molecule has 1 aromatic rings. The van der Waals surface area contributed by atoms with Crippen LogP contribution in [0.5, 0.6) is 0 Å². The van der Waals surface area contributed by atoms with E-state index < -0.39 is 20.9 Å². The number of hydrogen-bond donors (Lipinski definition) is 0. The molecule has 1 aromatic heterocycles. The van der Waals surface area contributed by atoms with Gasteiger partial charge in [0.15, 0.2) is 5.82 Å². The van der Waals surface area contributed by atoms with Gasteiger partial charge in [0.2, 0.25) is 5.03 Å². The molecule has 82 valence electrons. The standard InChI is InChI=1S/C8H9FN2O3S/c9-7-3-1-4-10-8(7)15(12,13)11-5-2-6-14-11/h1,3-4H,2,5-6H2. The zero-order chi connectivity index (χ0) is 10.9. The minimum absolute atomic E-state index is 0.234. The lowest BCUT2D eigenvalue weighted by atomic mass is 10.5. The van der Waals surface area contributed by atoms with Crippen molar-refractivity contribution in [1.82, 2.24) is 9.45 Å². The average Bonchev–Trinajstić information content (AvgIpc) is 2.71. The first-order valence-corrected chi connectivity index (χ1v) is 5.82. The molecule has 2 heterocycles. The molecule has 7 heteroatoms. The first kappa shape index (κ1) is 10.5. The Labute approximate surface area is 86.5 Å². The largest absolute Gasteiger partial charge is 0.285 e. The molecule has 0 atom stereocenters. The predicted octanol–water partition coefficient (Wildman–Crippen LogP) is 0.547. The normalized spacial score (nSPS) is 18.2. The van der Waals surface area contributed by atoms with Gasteiger partial charge in [0.05, 0.1) is 6.61 Å². The Morgan fingerprint density at radius 1 is 1.53 bits per heavy atom. The molecule has 2 rings (SSSR count). The number of pyridine rings is 1. The highest BCUT2D eigenvalue weighted by molar-refractivity contribution is 7.88. The van der Waals surface area contributed by atoms with Gasteiger partial charge in [-0.1, -0.05) is 4.47 Å². The molecule has 0 N–H and O–H groups in total. The lowest BCUT2D eigenvalue weighted by Gasteiger charge is -2.13. The van der Waals surface area contributed by atoms with Crippen LogP contribution in [-0.2, 0) is 14.9 Å². The molecule has 0 aliphatic carbocycles. The Morgan fingerprint density at radius 3 is 2.93 bits per heavy atom. The van der Waals surface area contributed by atoms with Crippen LogP contribution in [0.1, 0.15) is 6.42 Å². The number of halogens is 1. The van der Waals surface area contributed by atoms with Gasteiger partial charge in [0.1, 0.15) is 0 Å². The van der Waals surface area contributed by atoms with Crippen molar-refractivity contribution in [2.75, 3.05) is 13.2 Å². The van der Waals surface area contributed by atoms with Crippen molar-refractivity contribution < 1.29 is 17.6 Å². The van der Waals surface area contributed by atoms with Crippen molar-refractivity contribution in [2.24, 2.45) is 0 Å². The summed E-state index contributed by atoms with van der Waals surface area (Å²) in [6.45, 7) is 0.562. The first-order valence-electron chi connectivity index (χ1n) is 4.38. The number of aromatic nitrogens is 1. The van der Waals surface area contributed by atoms with E-state index >= 15 is 0 Å². The maximum Gasteiger partial charge on any atom is 0.285 e. The van der Waals surface area contributed by atoms with Crippen LogP contribution in [0.4, 0.5) is 4.39 Å². The van der Waals surface area contributed by atoms with Crippen LogP contribution >= 0.6 is 0 Å². The molecule has 1 fully saturated rings. The van der Waals surface area contributed by atoms with Crippen LogP contribution < -0.4 is 0 Å². The third-order valence-electron chi connectivity index (χ3n) is 1.96. The van der Waals surface area contributed by atoms with Gasteiger partial charge in [0.25, 0.3) is 10.0 Å². The summed E-state index contributed by atoms with van der Waals surface area (Å²) in [6.07, 6.45) is 1.83. The second-order valence-electron chi connectivity index (χ2n) is 3.01. The fraction of sp³-hybridized carbons (Fsp3) is 0.375. The third-order valence-corrected chi connectivity index (χ3v) is 3.57. The summed E-state index contributed by atoms with van der Waals surface area (Å²) in [6, 6.07) is 2.38. The highest BCUT2D eigenvalue weighted by Crippen LogP contribution is 2.19. The van der Waals surface area contributed by atoms with Crippen LogP contribution in [0.3, 0.4) is 0 Å². The average molecular weight is 232 g/mol. The van der Waals surface area contributed by atoms with Crippen LogP contribution in [0.2, 0.25) is 0 Å². The zero-order valence-corrected chi connectivity index (χ0v) is 8.58. The molecule has 0 bridgehead atoms. The highest BCUT2D eigenvalue weighted by Gasteiger charge is 2.32. The van der Waals surface area contributed by atoms with Gasteiger partial charge in [-0.2, -0.15) is 0 Å². The molecular formula is C8H9FN2O3S. The quantitative estimate of drug-likeness (QED) is 0.747. The lowest BCUT2D eigenvalue weighted by Crippen LogP contribution is -2.28. The summed E-state index contributed by atoms with van der Waals surface area (Å²) in [4.78, 5) is 8.38. The number of rotatable bonds is 2. The van der Waals surface area contributed by atoms with Gasteiger partial charge in [0, 0.05) is 12.7 Å². The highest BCUT2D eigenvalue weighted by atomic mass is 32.2. The van der Waals surface area contributed by atoms with Crippen LogP contribution in [-0.4, -0.2) is 31.0 Å². The minimum atomic E-state index is -3.94. The molecule has 0 amide bonds. The summed E-state index contributed by atoms with van der Waals surface area (Å²) in [5, 5.41) is -0.591. The molecule has 1 saturated heterocycles. The first-order chi connectivity index (χ1) is 7.12. The monoisotopic (exact) mass is 232 g/mol. The van der Waals surface area contributed by atoms with E-state index in [4.69, 9.17) is 4.84 Å². The third kappa shape index (κ3) is 1.85. The van der Waals surface area contributed by atoms with Gasteiger partial charge >= 0.3 is 0 Å². The summed E-state index contributed by atoms with van der Waals surface area (Å²) in [5.41, 5.74) is 0. The number of hydroxylamine groups is 1. The van der Waals surface area contributed by atoms with Gasteiger partial charge in [-0.25, -0.2) is 17.8 Å². The van der Waals surface area contributed by atoms with E-state index in [0.29, 0.717) is 13.0 Å². The van der Waals surface area contributed by atoms with Crippen molar-refractivity contribution in [2.45, 2.75) is 11.4 Å². The molecular weight excluding hydrogens is 223 g/mol. The molecule has 1 aliphatic rings. The summed E-state index contributed by atoms with van der Waals surface area (Å²) >= 11 is 0. The van der Waals surface area contributed by atoms with E-state index in [1.54, 1.807) is 0 Å². The smallest absolute Gasteiger partial charge is 0.284 e. The van der Waals surface area contributed by atoms with E-state index in [1.165, 1.54) is 12.3 Å². The molecule has 0 saturated carbocycles. The predicted molar refractivity (Wildman–Crippen MR) is 48.7 cm³/mol. The Hall–Kier alpha value is -1.05. The van der Waals surface area contributed by atoms with Crippen molar-refractivity contribution in [3.63, 3.8) is 0 Å². The van der Waals surface area contributed by atoms with E-state index in [9.17, 15) is 12.8 Å². The molecule has 5 nitrogen and oxygen atoms in total. The van der Waals surface area contributed by atoms with E-state index in [0.717, 1.165) is 10.5 Å². The Balaban J connectivity index is 2.41. The van der Waals surface area contributed by atoms with Gasteiger partial charge in [-0.15, -0.1) is 0 Å². The van der Waals surface area contributed by atoms with Gasteiger partial charge in [-0.05, 0) is 18.6 Å². The van der Waals surface area contributed by atoms with Crippen molar-refractivity contribution >= 4 is 10.0 Å². The van der Waals surface area contributed by atoms with Crippen molar-refractivity contribution in [3.05, 3.63) is 24.1 Å². The maximum absolute atomic E-state index is 13.2. The zero-order valence-electron chi connectivity index (χ0n) is 7.76. The van der Waals surface area contributed by atoms with Crippen molar-refractivity contribution in [3.8, 4) is 0 Å². The summed E-state index contributed by atoms with van der Waals surface area (Å²) in [5.74, 6) is -0.868. The fourth-order valence-electron chi connectivity index (χ4n) is 1.27. The van der Waals surface area contributed by atoms with Gasteiger partial charge in [-0.3, -0.25) is 4.84 Å². The Morgan fingerprint density at radius 2 is 2.33 bits per heavy atom. The molecule has 0 aromatic carbocycles. The number of nitrogens with zero attached hydrogens (tertiary/aromatic N) is 2. The summed E-state index contributed by atoms with van der Waals surface area (Å²) in [7, 11) is -3.94. The second kappa shape index (κ2) is 3.84.